The Morgan fingerprint density at radius 2 is 1.60 bits per heavy atom. The van der Waals surface area contributed by atoms with E-state index < -0.39 is 5.97 Å². The van der Waals surface area contributed by atoms with E-state index in [1.54, 1.807) is 18.2 Å². The molecule has 2 aromatic carbocycles. The van der Waals surface area contributed by atoms with Gasteiger partial charge in [-0.05, 0) is 39.0 Å². The molecule has 0 spiro atoms. The Bertz CT molecular complexity index is 766. The molecule has 0 saturated carbocycles. The van der Waals surface area contributed by atoms with Crippen molar-refractivity contribution in [2.45, 2.75) is 20.8 Å². The number of aromatic carboxylic acids is 1. The van der Waals surface area contributed by atoms with Crippen molar-refractivity contribution in [2.24, 2.45) is 0 Å². The third-order valence-electron chi connectivity index (χ3n) is 4.04. The molecule has 5 heteroatoms. The molecule has 132 valence electrons. The Morgan fingerprint density at radius 1 is 0.960 bits per heavy atom. The van der Waals surface area contributed by atoms with Crippen LogP contribution in [0.3, 0.4) is 0 Å². The largest absolute Gasteiger partial charge is 0.493 e. The van der Waals surface area contributed by atoms with Crippen LogP contribution in [0.4, 0.5) is 5.69 Å². The van der Waals surface area contributed by atoms with Gasteiger partial charge in [-0.2, -0.15) is 0 Å². The van der Waals surface area contributed by atoms with Crippen molar-refractivity contribution in [1.82, 2.24) is 0 Å². The van der Waals surface area contributed by atoms with Gasteiger partial charge in [0.2, 0.25) is 0 Å². The summed E-state index contributed by atoms with van der Waals surface area (Å²) in [6.07, 6.45) is 0. The smallest absolute Gasteiger partial charge is 0.336 e. The first-order chi connectivity index (χ1) is 12.0. The van der Waals surface area contributed by atoms with Crippen LogP contribution in [0.25, 0.3) is 0 Å². The van der Waals surface area contributed by atoms with Crippen molar-refractivity contribution < 1.29 is 19.4 Å². The van der Waals surface area contributed by atoms with Gasteiger partial charge in [0.1, 0.15) is 5.75 Å². The van der Waals surface area contributed by atoms with E-state index in [1.165, 1.54) is 12.1 Å². The minimum absolute atomic E-state index is 0.0113. The van der Waals surface area contributed by atoms with E-state index in [0.29, 0.717) is 17.9 Å². The molecule has 0 amide bonds. The van der Waals surface area contributed by atoms with E-state index in [2.05, 4.69) is 18.7 Å². The zero-order chi connectivity index (χ0) is 18.4. The third-order valence-corrected chi connectivity index (χ3v) is 4.04. The van der Waals surface area contributed by atoms with Gasteiger partial charge in [-0.25, -0.2) is 4.79 Å². The molecule has 5 nitrogen and oxygen atoms in total. The quantitative estimate of drug-likeness (QED) is 0.739. The SMILES string of the molecule is CCOc1cc(N(CC)CC)ccc1C(=O)c1ccccc1C(=O)O. The summed E-state index contributed by atoms with van der Waals surface area (Å²) in [6, 6.07) is 11.6. The highest BCUT2D eigenvalue weighted by Gasteiger charge is 2.21. The lowest BCUT2D eigenvalue weighted by Crippen LogP contribution is -2.22. The van der Waals surface area contributed by atoms with Crippen molar-refractivity contribution in [2.75, 3.05) is 24.6 Å². The standard InChI is InChI=1S/C20H23NO4/c1-4-21(5-2)14-11-12-17(18(13-14)25-6-3)19(22)15-9-7-8-10-16(15)20(23)24/h7-13H,4-6H2,1-3H3,(H,23,24). The molecule has 0 saturated heterocycles. The first-order valence-corrected chi connectivity index (χ1v) is 8.42. The molecule has 0 fully saturated rings. The average Bonchev–Trinajstić information content (AvgIpc) is 2.62. The van der Waals surface area contributed by atoms with Gasteiger partial charge >= 0.3 is 5.97 Å². The number of carbonyl (C=O) groups excluding carboxylic acids is 1. The number of hydrogen-bond acceptors (Lipinski definition) is 4. The Labute approximate surface area is 147 Å². The second-order valence-corrected chi connectivity index (χ2v) is 5.47. The van der Waals surface area contributed by atoms with Crippen LogP contribution in [0, 0.1) is 0 Å². The van der Waals surface area contributed by atoms with Gasteiger partial charge in [-0.15, -0.1) is 0 Å². The number of carboxylic acid groups (broad SMARTS) is 1. The Balaban J connectivity index is 2.51. The minimum Gasteiger partial charge on any atom is -0.493 e. The molecule has 0 radical (unpaired) electrons. The highest BCUT2D eigenvalue weighted by molar-refractivity contribution is 6.15. The first kappa shape index (κ1) is 18.5. The molecule has 2 rings (SSSR count). The predicted octanol–water partition coefficient (Wildman–Crippen LogP) is 3.86. The number of carboxylic acids is 1. The summed E-state index contributed by atoms with van der Waals surface area (Å²) in [5, 5.41) is 9.32. The van der Waals surface area contributed by atoms with Gasteiger partial charge in [0.05, 0.1) is 17.7 Å². The van der Waals surface area contributed by atoms with Gasteiger partial charge in [0.25, 0.3) is 0 Å². The highest BCUT2D eigenvalue weighted by atomic mass is 16.5. The fourth-order valence-electron chi connectivity index (χ4n) is 2.77. The molecule has 1 N–H and O–H groups in total. The average molecular weight is 341 g/mol. The maximum absolute atomic E-state index is 12.9. The number of carbonyl (C=O) groups is 2. The molecule has 0 bridgehead atoms. The minimum atomic E-state index is -1.12. The summed E-state index contributed by atoms with van der Waals surface area (Å²) in [4.78, 5) is 26.5. The molecule has 0 unspecified atom stereocenters. The number of hydrogen-bond donors (Lipinski definition) is 1. The monoisotopic (exact) mass is 341 g/mol. The van der Waals surface area contributed by atoms with Crippen LogP contribution in [0.15, 0.2) is 42.5 Å². The molecule has 25 heavy (non-hydrogen) atoms. The molecular formula is C20H23NO4. The molecule has 0 aliphatic carbocycles. The van der Waals surface area contributed by atoms with E-state index in [1.807, 2.05) is 19.1 Å². The van der Waals surface area contributed by atoms with Gasteiger partial charge < -0.3 is 14.7 Å². The predicted molar refractivity (Wildman–Crippen MR) is 98.0 cm³/mol. The van der Waals surface area contributed by atoms with Crippen LogP contribution in [-0.4, -0.2) is 36.6 Å². The zero-order valence-corrected chi connectivity index (χ0v) is 14.8. The summed E-state index contributed by atoms with van der Waals surface area (Å²) in [5.74, 6) is -1.01. The summed E-state index contributed by atoms with van der Waals surface area (Å²) >= 11 is 0. The summed E-state index contributed by atoms with van der Waals surface area (Å²) in [5.41, 5.74) is 1.48. The second-order valence-electron chi connectivity index (χ2n) is 5.47. The number of nitrogens with zero attached hydrogens (tertiary/aromatic N) is 1. The molecule has 0 aromatic heterocycles. The van der Waals surface area contributed by atoms with Crippen molar-refractivity contribution in [1.29, 1.82) is 0 Å². The second kappa shape index (κ2) is 8.33. The molecule has 0 heterocycles. The number of ketones is 1. The van der Waals surface area contributed by atoms with Crippen molar-refractivity contribution in [3.63, 3.8) is 0 Å². The van der Waals surface area contributed by atoms with Gasteiger partial charge in [-0.1, -0.05) is 18.2 Å². The number of rotatable bonds is 8. The van der Waals surface area contributed by atoms with Crippen LogP contribution in [0.2, 0.25) is 0 Å². The van der Waals surface area contributed by atoms with Crippen LogP contribution in [-0.2, 0) is 0 Å². The normalized spacial score (nSPS) is 10.4. The molecule has 0 atom stereocenters. The maximum Gasteiger partial charge on any atom is 0.336 e. The topological polar surface area (TPSA) is 66.8 Å². The van der Waals surface area contributed by atoms with Crippen molar-refractivity contribution in [3.05, 3.63) is 59.2 Å². The van der Waals surface area contributed by atoms with Crippen molar-refractivity contribution in [3.8, 4) is 5.75 Å². The summed E-state index contributed by atoms with van der Waals surface area (Å²) < 4.78 is 5.66. The van der Waals surface area contributed by atoms with E-state index in [4.69, 9.17) is 4.74 Å². The van der Waals surface area contributed by atoms with E-state index in [9.17, 15) is 14.7 Å². The van der Waals surface area contributed by atoms with Crippen LogP contribution in [0.5, 0.6) is 5.75 Å². The number of anilines is 1. The van der Waals surface area contributed by atoms with Crippen LogP contribution in [0.1, 0.15) is 47.1 Å². The zero-order valence-electron chi connectivity index (χ0n) is 14.8. The van der Waals surface area contributed by atoms with Crippen LogP contribution >= 0.6 is 0 Å². The molecule has 0 aliphatic rings. The number of benzene rings is 2. The maximum atomic E-state index is 12.9. The van der Waals surface area contributed by atoms with Gasteiger partial charge in [0, 0.05) is 30.4 Å². The summed E-state index contributed by atoms with van der Waals surface area (Å²) in [6.45, 7) is 8.08. The fourth-order valence-corrected chi connectivity index (χ4v) is 2.77. The molecule has 0 aliphatic heterocycles. The molecular weight excluding hydrogens is 318 g/mol. The van der Waals surface area contributed by atoms with E-state index >= 15 is 0 Å². The lowest BCUT2D eigenvalue weighted by molar-refractivity contribution is 0.0692. The van der Waals surface area contributed by atoms with Crippen LogP contribution < -0.4 is 9.64 Å². The van der Waals surface area contributed by atoms with E-state index in [-0.39, 0.29) is 16.9 Å². The Morgan fingerprint density at radius 3 is 2.16 bits per heavy atom. The van der Waals surface area contributed by atoms with Crippen molar-refractivity contribution >= 4 is 17.4 Å². The first-order valence-electron chi connectivity index (χ1n) is 8.42. The van der Waals surface area contributed by atoms with Gasteiger partial charge in [0.15, 0.2) is 5.78 Å². The fraction of sp³-hybridized carbons (Fsp3) is 0.300. The Hall–Kier alpha value is -2.82. The van der Waals surface area contributed by atoms with E-state index in [0.717, 1.165) is 18.8 Å². The lowest BCUT2D eigenvalue weighted by Gasteiger charge is -2.22. The number of ether oxygens (including phenoxy) is 1. The molecule has 2 aromatic rings. The Kier molecular flexibility index (Phi) is 6.17. The lowest BCUT2D eigenvalue weighted by atomic mass is 9.97. The highest BCUT2D eigenvalue weighted by Crippen LogP contribution is 2.29. The summed E-state index contributed by atoms with van der Waals surface area (Å²) in [7, 11) is 0. The third kappa shape index (κ3) is 3.99. The van der Waals surface area contributed by atoms with Gasteiger partial charge in [-0.3, -0.25) is 4.79 Å².